The number of anilines is 1. The maximum atomic E-state index is 12.0. The van der Waals surface area contributed by atoms with Gasteiger partial charge < -0.3 is 15.3 Å². The zero-order valence-electron chi connectivity index (χ0n) is 11.4. The molecule has 6 heteroatoms. The lowest BCUT2D eigenvalue weighted by Gasteiger charge is -2.26. The number of nitrogens with one attached hydrogen (secondary N) is 1. The fourth-order valence-corrected chi connectivity index (χ4v) is 2.15. The number of rotatable bonds is 5. The molecule has 0 saturated heterocycles. The van der Waals surface area contributed by atoms with Gasteiger partial charge in [0.1, 0.15) is 0 Å². The van der Waals surface area contributed by atoms with Gasteiger partial charge in [-0.25, -0.2) is 4.79 Å². The summed E-state index contributed by atoms with van der Waals surface area (Å²) in [6.45, 7) is 4.00. The van der Waals surface area contributed by atoms with Crippen LogP contribution in [0.5, 0.6) is 0 Å². The van der Waals surface area contributed by atoms with Crippen molar-refractivity contribution in [2.75, 3.05) is 24.7 Å². The maximum Gasteiger partial charge on any atom is 0.322 e. The number of nitrogens with zero attached hydrogens (tertiary/aromatic N) is 1. The third-order valence-corrected chi connectivity index (χ3v) is 3.60. The van der Waals surface area contributed by atoms with E-state index < -0.39 is 10.8 Å². The van der Waals surface area contributed by atoms with Crippen LogP contribution >= 0.6 is 0 Å². The topological polar surface area (TPSA) is 69.6 Å². The van der Waals surface area contributed by atoms with Crippen molar-refractivity contribution in [1.82, 2.24) is 4.90 Å². The van der Waals surface area contributed by atoms with Gasteiger partial charge in [0, 0.05) is 40.2 Å². The largest absolute Gasteiger partial charge is 0.395 e. The Kier molecular flexibility index (Phi) is 5.98. The molecule has 2 N–H and O–H groups in total. The number of hydrogen-bond donors (Lipinski definition) is 2. The highest BCUT2D eigenvalue weighted by Gasteiger charge is 2.16. The van der Waals surface area contributed by atoms with E-state index in [2.05, 4.69) is 5.32 Å². The van der Waals surface area contributed by atoms with Gasteiger partial charge in [0.25, 0.3) is 0 Å². The smallest absolute Gasteiger partial charge is 0.322 e. The van der Waals surface area contributed by atoms with Crippen molar-refractivity contribution < 1.29 is 14.1 Å². The van der Waals surface area contributed by atoms with Gasteiger partial charge in [-0.3, -0.25) is 4.21 Å². The Bertz CT molecular complexity index is 446. The Balaban J connectivity index is 2.72. The number of urea groups is 1. The first-order valence-electron chi connectivity index (χ1n) is 6.07. The van der Waals surface area contributed by atoms with Crippen LogP contribution < -0.4 is 5.32 Å². The lowest BCUT2D eigenvalue weighted by molar-refractivity contribution is 0.172. The van der Waals surface area contributed by atoms with Gasteiger partial charge in [-0.1, -0.05) is 0 Å². The molecule has 0 aliphatic heterocycles. The Morgan fingerprint density at radius 2 is 1.95 bits per heavy atom. The van der Waals surface area contributed by atoms with Crippen molar-refractivity contribution in [3.05, 3.63) is 24.3 Å². The summed E-state index contributed by atoms with van der Waals surface area (Å²) in [6, 6.07) is 6.62. The van der Waals surface area contributed by atoms with E-state index >= 15 is 0 Å². The van der Waals surface area contributed by atoms with Crippen LogP contribution in [-0.4, -0.2) is 45.7 Å². The molecule has 0 unspecified atom stereocenters. The van der Waals surface area contributed by atoms with E-state index in [0.717, 1.165) is 0 Å². The SMILES string of the molecule is CC(C)N(CCO)C(=O)Nc1ccc([S@@](C)=O)cc1. The molecular formula is C13H20N2O3S. The first-order chi connectivity index (χ1) is 8.95. The summed E-state index contributed by atoms with van der Waals surface area (Å²) in [5, 5.41) is 11.7. The van der Waals surface area contributed by atoms with Crippen molar-refractivity contribution in [3.8, 4) is 0 Å². The molecular weight excluding hydrogens is 264 g/mol. The molecule has 0 aliphatic carbocycles. The van der Waals surface area contributed by atoms with Crippen LogP contribution in [0.25, 0.3) is 0 Å². The third-order valence-electron chi connectivity index (χ3n) is 2.66. The van der Waals surface area contributed by atoms with Crippen LogP contribution in [0.1, 0.15) is 13.8 Å². The second-order valence-electron chi connectivity index (χ2n) is 4.42. The van der Waals surface area contributed by atoms with Gasteiger partial charge in [0.05, 0.1) is 6.61 Å². The summed E-state index contributed by atoms with van der Waals surface area (Å²) in [4.78, 5) is 14.3. The Hall–Kier alpha value is -1.40. The van der Waals surface area contributed by atoms with E-state index in [4.69, 9.17) is 5.11 Å². The van der Waals surface area contributed by atoms with Gasteiger partial charge in [-0.05, 0) is 38.1 Å². The Morgan fingerprint density at radius 1 is 1.37 bits per heavy atom. The molecule has 106 valence electrons. The lowest BCUT2D eigenvalue weighted by Crippen LogP contribution is -2.41. The van der Waals surface area contributed by atoms with E-state index in [-0.39, 0.29) is 18.7 Å². The fourth-order valence-electron chi connectivity index (χ4n) is 1.63. The molecule has 0 spiro atoms. The molecule has 1 atom stereocenters. The maximum absolute atomic E-state index is 12.0. The number of carbonyl (C=O) groups excluding carboxylic acids is 1. The van der Waals surface area contributed by atoms with Crippen LogP contribution in [0.15, 0.2) is 29.2 Å². The van der Waals surface area contributed by atoms with E-state index in [1.807, 2.05) is 13.8 Å². The molecule has 0 aliphatic rings. The zero-order valence-corrected chi connectivity index (χ0v) is 12.2. The predicted octanol–water partition coefficient (Wildman–Crippen LogP) is 1.66. The molecule has 1 aromatic rings. The summed E-state index contributed by atoms with van der Waals surface area (Å²) in [5.74, 6) is 0. The van der Waals surface area contributed by atoms with Crippen molar-refractivity contribution in [2.24, 2.45) is 0 Å². The van der Waals surface area contributed by atoms with E-state index in [1.165, 1.54) is 0 Å². The minimum absolute atomic E-state index is 0.00886. The molecule has 0 saturated carbocycles. The number of aliphatic hydroxyl groups is 1. The van der Waals surface area contributed by atoms with Gasteiger partial charge in [0.15, 0.2) is 0 Å². The summed E-state index contributed by atoms with van der Waals surface area (Å²) < 4.78 is 11.2. The number of amides is 2. The quantitative estimate of drug-likeness (QED) is 0.864. The Morgan fingerprint density at radius 3 is 2.37 bits per heavy atom. The van der Waals surface area contributed by atoms with Crippen LogP contribution in [0.4, 0.5) is 10.5 Å². The van der Waals surface area contributed by atoms with E-state index in [1.54, 1.807) is 35.4 Å². The summed E-state index contributed by atoms with van der Waals surface area (Å²) in [5.41, 5.74) is 0.641. The van der Waals surface area contributed by atoms with Crippen LogP contribution in [0.3, 0.4) is 0 Å². The molecule has 5 nitrogen and oxygen atoms in total. The molecule has 0 bridgehead atoms. The van der Waals surface area contributed by atoms with E-state index in [0.29, 0.717) is 17.1 Å². The number of hydrogen-bond acceptors (Lipinski definition) is 3. The highest BCUT2D eigenvalue weighted by Crippen LogP contribution is 2.13. The highest BCUT2D eigenvalue weighted by molar-refractivity contribution is 7.84. The molecule has 0 heterocycles. The average molecular weight is 284 g/mol. The summed E-state index contributed by atoms with van der Waals surface area (Å²) in [7, 11) is -1.03. The fraction of sp³-hybridized carbons (Fsp3) is 0.462. The predicted molar refractivity (Wildman–Crippen MR) is 76.7 cm³/mol. The molecule has 2 amide bonds. The number of benzene rings is 1. The summed E-state index contributed by atoms with van der Waals surface area (Å²) >= 11 is 0. The van der Waals surface area contributed by atoms with E-state index in [9.17, 15) is 9.00 Å². The molecule has 1 aromatic carbocycles. The average Bonchev–Trinajstić information content (AvgIpc) is 2.36. The third kappa shape index (κ3) is 4.65. The second-order valence-corrected chi connectivity index (χ2v) is 5.80. The van der Waals surface area contributed by atoms with Gasteiger partial charge in [0.2, 0.25) is 0 Å². The number of aliphatic hydroxyl groups excluding tert-OH is 1. The standard InChI is InChI=1S/C13H20N2O3S/c1-10(2)15(8-9-16)13(17)14-11-4-6-12(7-5-11)19(3)18/h4-7,10,16H,8-9H2,1-3H3,(H,14,17)/t19-/m1/s1. The highest BCUT2D eigenvalue weighted by atomic mass is 32.2. The molecule has 19 heavy (non-hydrogen) atoms. The monoisotopic (exact) mass is 284 g/mol. The molecule has 1 rings (SSSR count). The zero-order chi connectivity index (χ0) is 14.4. The van der Waals surface area contributed by atoms with Gasteiger partial charge >= 0.3 is 6.03 Å². The minimum Gasteiger partial charge on any atom is -0.395 e. The first-order valence-corrected chi connectivity index (χ1v) is 7.63. The minimum atomic E-state index is -1.03. The van der Waals surface area contributed by atoms with Gasteiger partial charge in [-0.2, -0.15) is 0 Å². The van der Waals surface area contributed by atoms with Crippen LogP contribution in [0.2, 0.25) is 0 Å². The lowest BCUT2D eigenvalue weighted by atomic mass is 10.3. The molecule has 0 fully saturated rings. The van der Waals surface area contributed by atoms with Crippen LogP contribution in [-0.2, 0) is 10.8 Å². The first kappa shape index (κ1) is 15.7. The Labute approximate surface area is 116 Å². The van der Waals surface area contributed by atoms with Crippen LogP contribution in [0, 0.1) is 0 Å². The number of carbonyl (C=O) groups is 1. The van der Waals surface area contributed by atoms with Crippen molar-refractivity contribution in [1.29, 1.82) is 0 Å². The van der Waals surface area contributed by atoms with Gasteiger partial charge in [-0.15, -0.1) is 0 Å². The summed E-state index contributed by atoms with van der Waals surface area (Å²) in [6.07, 6.45) is 1.61. The molecule has 0 radical (unpaired) electrons. The van der Waals surface area contributed by atoms with Crippen molar-refractivity contribution >= 4 is 22.5 Å². The second kappa shape index (κ2) is 7.25. The normalized spacial score (nSPS) is 12.3. The van der Waals surface area contributed by atoms with Crippen molar-refractivity contribution in [2.45, 2.75) is 24.8 Å². The van der Waals surface area contributed by atoms with Crippen molar-refractivity contribution in [3.63, 3.8) is 0 Å². The molecule has 0 aromatic heterocycles.